The van der Waals surface area contributed by atoms with Crippen molar-refractivity contribution in [3.05, 3.63) is 58.9 Å². The molecule has 1 saturated heterocycles. The summed E-state index contributed by atoms with van der Waals surface area (Å²) < 4.78 is 32.2. The van der Waals surface area contributed by atoms with Crippen LogP contribution in [0.25, 0.3) is 0 Å². The van der Waals surface area contributed by atoms with Crippen molar-refractivity contribution in [2.24, 2.45) is 5.92 Å². The number of anilines is 1. The van der Waals surface area contributed by atoms with Crippen molar-refractivity contribution in [1.29, 1.82) is 0 Å². The third-order valence-electron chi connectivity index (χ3n) is 5.97. The molecule has 7 heteroatoms. The second kappa shape index (κ2) is 10.3. The average Bonchev–Trinajstić information content (AvgIpc) is 2.72. The molecule has 5 nitrogen and oxygen atoms in total. The van der Waals surface area contributed by atoms with Crippen molar-refractivity contribution >= 4 is 16.5 Å². The van der Waals surface area contributed by atoms with Gasteiger partial charge in [0.05, 0.1) is 12.7 Å². The molecule has 0 radical (unpaired) electrons. The number of hydrogen-bond acceptors (Lipinski definition) is 5. The van der Waals surface area contributed by atoms with Gasteiger partial charge in [0, 0.05) is 40.8 Å². The molecule has 32 heavy (non-hydrogen) atoms. The van der Waals surface area contributed by atoms with E-state index in [4.69, 9.17) is 10.5 Å². The zero-order chi connectivity index (χ0) is 23.5. The Morgan fingerprint density at radius 2 is 1.97 bits per heavy atom. The number of hydrogen-bond donors (Lipinski definition) is 3. The van der Waals surface area contributed by atoms with E-state index in [0.29, 0.717) is 42.4 Å². The number of aliphatic hydroxyl groups excluding tert-OH is 1. The third-order valence-corrected chi connectivity index (χ3v) is 7.50. The van der Waals surface area contributed by atoms with Crippen LogP contribution in [0.2, 0.25) is 0 Å². The third kappa shape index (κ3) is 6.09. The number of nitrogens with two attached hydrogens (primary N) is 1. The van der Waals surface area contributed by atoms with Crippen LogP contribution in [0.1, 0.15) is 44.4 Å². The fraction of sp³-hybridized carbons (Fsp3) is 0.520. The van der Waals surface area contributed by atoms with Gasteiger partial charge in [-0.1, -0.05) is 45.0 Å². The molecular formula is C25H35FN2O3S. The summed E-state index contributed by atoms with van der Waals surface area (Å²) in [5.74, 6) is 0.305. The predicted octanol–water partition coefficient (Wildman–Crippen LogP) is 3.54. The fourth-order valence-corrected chi connectivity index (χ4v) is 5.77. The highest BCUT2D eigenvalue weighted by molar-refractivity contribution is 7.85. The summed E-state index contributed by atoms with van der Waals surface area (Å²) in [4.78, 5) is 0. The van der Waals surface area contributed by atoms with Crippen LogP contribution in [0, 0.1) is 11.7 Å². The van der Waals surface area contributed by atoms with E-state index in [1.807, 2.05) is 13.0 Å². The van der Waals surface area contributed by atoms with Gasteiger partial charge in [-0.2, -0.15) is 0 Å². The second-order valence-corrected chi connectivity index (χ2v) is 11.1. The van der Waals surface area contributed by atoms with E-state index in [2.05, 4.69) is 44.3 Å². The smallest absolute Gasteiger partial charge is 0.150 e. The van der Waals surface area contributed by atoms with E-state index >= 15 is 0 Å². The summed E-state index contributed by atoms with van der Waals surface area (Å²) in [5.41, 5.74) is 8.86. The topological polar surface area (TPSA) is 84.6 Å². The molecule has 0 bridgehead atoms. The minimum absolute atomic E-state index is 0.0135. The Labute approximate surface area is 193 Å². The minimum Gasteiger partial charge on any atom is -0.492 e. The predicted molar refractivity (Wildman–Crippen MR) is 129 cm³/mol. The Morgan fingerprint density at radius 3 is 2.66 bits per heavy atom. The van der Waals surface area contributed by atoms with Crippen LogP contribution >= 0.6 is 0 Å². The van der Waals surface area contributed by atoms with Crippen molar-refractivity contribution in [2.45, 2.75) is 58.2 Å². The van der Waals surface area contributed by atoms with Gasteiger partial charge in [-0.3, -0.25) is 4.21 Å². The first-order valence-electron chi connectivity index (χ1n) is 11.1. The summed E-state index contributed by atoms with van der Waals surface area (Å²) in [6.07, 6.45) is -0.281. The number of rotatable bonds is 7. The Balaban J connectivity index is 1.70. The molecule has 0 saturated carbocycles. The largest absolute Gasteiger partial charge is 0.492 e. The number of nitrogens with one attached hydrogen (secondary N) is 1. The SMILES string of the molecule is CCOc1cc(C[C@@H]2CS(=O)C[C@H](NCc3cccc(C(C)(C)C)c3)[C@H]2O)cc(F)c1N. The Bertz CT molecular complexity index is 961. The molecule has 1 aliphatic rings. The maximum absolute atomic E-state index is 14.3. The minimum atomic E-state index is -1.06. The van der Waals surface area contributed by atoms with E-state index in [9.17, 15) is 13.7 Å². The average molecular weight is 463 g/mol. The van der Waals surface area contributed by atoms with Crippen LogP contribution in [-0.2, 0) is 29.2 Å². The molecule has 0 aromatic heterocycles. The van der Waals surface area contributed by atoms with Crippen molar-refractivity contribution in [3.63, 3.8) is 0 Å². The van der Waals surface area contributed by atoms with Gasteiger partial charge in [-0.15, -0.1) is 0 Å². The summed E-state index contributed by atoms with van der Waals surface area (Å²) in [5, 5.41) is 14.4. The molecule has 1 fully saturated rings. The summed E-state index contributed by atoms with van der Waals surface area (Å²) >= 11 is 0. The first-order chi connectivity index (χ1) is 15.1. The lowest BCUT2D eigenvalue weighted by atomic mass is 9.86. The van der Waals surface area contributed by atoms with E-state index in [0.717, 1.165) is 5.56 Å². The lowest BCUT2D eigenvalue weighted by molar-refractivity contribution is 0.0794. The van der Waals surface area contributed by atoms with Gasteiger partial charge in [0.15, 0.2) is 0 Å². The molecular weight excluding hydrogens is 427 g/mol. The zero-order valence-corrected chi connectivity index (χ0v) is 20.2. The van der Waals surface area contributed by atoms with Crippen LogP contribution in [0.5, 0.6) is 5.75 Å². The quantitative estimate of drug-likeness (QED) is 0.548. The van der Waals surface area contributed by atoms with Gasteiger partial charge in [-0.25, -0.2) is 4.39 Å². The Kier molecular flexibility index (Phi) is 7.96. The molecule has 0 aliphatic carbocycles. The van der Waals surface area contributed by atoms with E-state index in [-0.39, 0.29) is 23.1 Å². The van der Waals surface area contributed by atoms with E-state index in [1.54, 1.807) is 6.07 Å². The van der Waals surface area contributed by atoms with Gasteiger partial charge in [-0.05, 0) is 47.6 Å². The molecule has 4 N–H and O–H groups in total. The molecule has 4 atom stereocenters. The lowest BCUT2D eigenvalue weighted by Gasteiger charge is -2.35. The molecule has 1 unspecified atom stereocenters. The van der Waals surface area contributed by atoms with Gasteiger partial charge >= 0.3 is 0 Å². The molecule has 0 amide bonds. The molecule has 2 aromatic rings. The first kappa shape index (κ1) is 24.7. The van der Waals surface area contributed by atoms with Gasteiger partial charge < -0.3 is 20.9 Å². The van der Waals surface area contributed by atoms with Crippen molar-refractivity contribution in [2.75, 3.05) is 23.8 Å². The van der Waals surface area contributed by atoms with Gasteiger partial charge in [0.2, 0.25) is 0 Å². The standard InChI is InChI=1S/C25H35FN2O3S/c1-5-31-22-12-17(11-20(26)23(22)27)9-18-14-32(30)15-21(24(18)29)28-13-16-7-6-8-19(10-16)25(2,3)4/h6-8,10-12,18,21,24,28-29H,5,9,13-15,27H2,1-4H3/t18-,21+,24+,32?/m1/s1. The number of ether oxygens (including phenoxy) is 1. The monoisotopic (exact) mass is 462 g/mol. The van der Waals surface area contributed by atoms with Gasteiger partial charge in [0.1, 0.15) is 17.3 Å². The van der Waals surface area contributed by atoms with Crippen molar-refractivity contribution < 1.29 is 18.4 Å². The van der Waals surface area contributed by atoms with Crippen molar-refractivity contribution in [1.82, 2.24) is 5.32 Å². The van der Waals surface area contributed by atoms with Gasteiger partial charge in [0.25, 0.3) is 0 Å². The lowest BCUT2D eigenvalue weighted by Crippen LogP contribution is -2.53. The molecule has 3 rings (SSSR count). The number of nitrogen functional groups attached to an aromatic ring is 1. The molecule has 2 aromatic carbocycles. The zero-order valence-electron chi connectivity index (χ0n) is 19.4. The highest BCUT2D eigenvalue weighted by Gasteiger charge is 2.35. The summed E-state index contributed by atoms with van der Waals surface area (Å²) in [6, 6.07) is 11.2. The van der Waals surface area contributed by atoms with Crippen molar-refractivity contribution in [3.8, 4) is 5.75 Å². The number of halogens is 1. The molecule has 0 spiro atoms. The molecule has 1 aliphatic heterocycles. The second-order valence-electron chi connectivity index (χ2n) is 9.59. The first-order valence-corrected chi connectivity index (χ1v) is 12.6. The van der Waals surface area contributed by atoms with Crippen LogP contribution in [-0.4, -0.2) is 39.6 Å². The Morgan fingerprint density at radius 1 is 1.22 bits per heavy atom. The summed E-state index contributed by atoms with van der Waals surface area (Å²) in [7, 11) is -1.06. The highest BCUT2D eigenvalue weighted by atomic mass is 32.2. The fourth-order valence-electron chi connectivity index (χ4n) is 4.13. The number of benzene rings is 2. The van der Waals surface area contributed by atoms with Crippen LogP contribution in [0.15, 0.2) is 36.4 Å². The highest BCUT2D eigenvalue weighted by Crippen LogP contribution is 2.30. The normalized spacial score (nSPS) is 23.8. The van der Waals surface area contributed by atoms with E-state index in [1.165, 1.54) is 11.6 Å². The summed E-state index contributed by atoms with van der Waals surface area (Å²) in [6.45, 7) is 9.30. The number of aliphatic hydroxyl groups is 1. The maximum Gasteiger partial charge on any atom is 0.150 e. The maximum atomic E-state index is 14.3. The van der Waals surface area contributed by atoms with E-state index < -0.39 is 22.7 Å². The Hall–Kier alpha value is -1.96. The van der Waals surface area contributed by atoms with Crippen LogP contribution in [0.3, 0.4) is 0 Å². The van der Waals surface area contributed by atoms with Crippen LogP contribution < -0.4 is 15.8 Å². The molecule has 1 heterocycles. The molecule has 176 valence electrons. The van der Waals surface area contributed by atoms with Crippen LogP contribution in [0.4, 0.5) is 10.1 Å².